The van der Waals surface area contributed by atoms with Crippen molar-refractivity contribution < 1.29 is 4.79 Å². The van der Waals surface area contributed by atoms with Crippen molar-refractivity contribution in [1.82, 2.24) is 9.55 Å². The summed E-state index contributed by atoms with van der Waals surface area (Å²) in [6.07, 6.45) is 3.47. The molecule has 0 atom stereocenters. The molecule has 5 heteroatoms. The van der Waals surface area contributed by atoms with Crippen LogP contribution in [0.4, 0.5) is 4.79 Å². The third kappa shape index (κ3) is 1.02. The molecule has 0 saturated heterocycles. The fourth-order valence-electron chi connectivity index (χ4n) is 0.486. The van der Waals surface area contributed by atoms with E-state index in [4.69, 9.17) is 5.73 Å². The monoisotopic (exact) mass is 138 g/mol. The average molecular weight is 138 g/mol. The molecule has 0 aliphatic heterocycles. The zero-order chi connectivity index (χ0) is 7.56. The van der Waals surface area contributed by atoms with Gasteiger partial charge in [-0.05, 0) is 6.07 Å². The highest BCUT2D eigenvalue weighted by molar-refractivity contribution is 5.74. The molecule has 0 unspecified atom stereocenters. The Balaban J connectivity index is 3.29. The largest absolute Gasteiger partial charge is 0.356 e. The number of carbonyl (C=O) groups excluding carboxylic acids is 1. The van der Waals surface area contributed by atoms with Gasteiger partial charge in [-0.2, -0.15) is 4.98 Å². The first-order valence-electron chi connectivity index (χ1n) is 2.47. The third-order valence-corrected chi connectivity index (χ3v) is 0.902. The van der Waals surface area contributed by atoms with E-state index in [1.165, 1.54) is 12.3 Å². The maximum atomic E-state index is 10.6. The fourth-order valence-corrected chi connectivity index (χ4v) is 0.486. The normalized spacial score (nSPS) is 9.20. The molecule has 0 saturated carbocycles. The van der Waals surface area contributed by atoms with Crippen molar-refractivity contribution in [3.05, 3.63) is 28.9 Å². The van der Waals surface area contributed by atoms with Crippen LogP contribution in [0.25, 0.3) is 0 Å². The molecule has 5 nitrogen and oxygen atoms in total. The number of hydrogen-bond acceptors (Lipinski definition) is 3. The van der Waals surface area contributed by atoms with Crippen LogP contribution in [-0.4, -0.2) is 15.6 Å². The van der Waals surface area contributed by atoms with Gasteiger partial charge in [0.25, 0.3) is 0 Å². The van der Waals surface area contributed by atoms with Gasteiger partial charge in [-0.3, -0.25) is 0 Å². The molecule has 0 aromatic carbocycles. The predicted molar refractivity (Wildman–Crippen MR) is 32.3 cm³/mol. The minimum Gasteiger partial charge on any atom is -0.351 e. The number of primary amides is 1. The molecule has 0 bridgehead atoms. The van der Waals surface area contributed by atoms with Crippen LogP contribution in [0.1, 0.15) is 0 Å². The quantitative estimate of drug-likeness (QED) is 0.498. The lowest BCUT2D eigenvalue weighted by Crippen LogP contribution is -2.32. The van der Waals surface area contributed by atoms with Gasteiger partial charge in [0.2, 0.25) is 0 Å². The Morgan fingerprint density at radius 3 is 2.90 bits per heavy atom. The lowest BCUT2D eigenvalue weighted by molar-refractivity contribution is 0.249. The summed E-state index contributed by atoms with van der Waals surface area (Å²) < 4.78 is 0.691. The number of nitrogens with two attached hydrogens (primary N) is 1. The van der Waals surface area contributed by atoms with Crippen molar-refractivity contribution in [3.63, 3.8) is 0 Å². The van der Waals surface area contributed by atoms with E-state index < -0.39 is 11.7 Å². The number of amides is 1. The summed E-state index contributed by atoms with van der Waals surface area (Å²) in [4.78, 5) is 24.1. The van der Waals surface area contributed by atoms with E-state index in [1.807, 2.05) is 0 Å². The first-order valence-corrected chi connectivity index (χ1v) is 2.47. The Morgan fingerprint density at radius 2 is 2.50 bits per heavy atom. The molecule has 0 spiro atoms. The summed E-state index contributed by atoms with van der Waals surface area (Å²) in [7, 11) is 0. The van der Waals surface area contributed by atoms with Crippen LogP contribution in [0.2, 0.25) is 0 Å². The second-order valence-electron chi connectivity index (χ2n) is 1.55. The highest BCUT2D eigenvalue weighted by Gasteiger charge is 1.98. The number of hydrogen-bond donors (Lipinski definition) is 1. The van der Waals surface area contributed by atoms with Gasteiger partial charge >= 0.3 is 11.7 Å². The highest BCUT2D eigenvalue weighted by atomic mass is 16.2. The lowest BCUT2D eigenvalue weighted by Gasteiger charge is -1.93. The molecule has 1 heterocycles. The van der Waals surface area contributed by atoms with Crippen molar-refractivity contribution >= 4 is 6.03 Å². The van der Waals surface area contributed by atoms with Crippen molar-refractivity contribution in [3.8, 4) is 0 Å². The molecule has 0 aliphatic rings. The molecule has 0 aliphatic carbocycles. The van der Waals surface area contributed by atoms with Crippen LogP contribution in [0.5, 0.6) is 0 Å². The maximum Gasteiger partial charge on any atom is 0.356 e. The number of carbonyl (C=O) groups is 1. The lowest BCUT2D eigenvalue weighted by atomic mass is 10.6. The number of nitrogens with zero attached hydrogens (tertiary/aromatic N) is 2. The summed E-state index contributed by atoms with van der Waals surface area (Å²) in [6, 6.07) is 0.484. The highest BCUT2D eigenvalue weighted by Crippen LogP contribution is 1.73. The summed E-state index contributed by atoms with van der Waals surface area (Å²) in [5.41, 5.74) is 4.07. The summed E-state index contributed by atoms with van der Waals surface area (Å²) in [6.45, 7) is 0. The van der Waals surface area contributed by atoms with Gasteiger partial charge in [0.05, 0.1) is 6.20 Å². The molecule has 1 rings (SSSR count). The van der Waals surface area contributed by atoms with Gasteiger partial charge in [0.15, 0.2) is 0 Å². The standard InChI is InChI=1S/C5H4N3O2/c6-4(9)8-3-1-2-7-5(8)10/h1,3H,(H2,6,9). The molecule has 2 N–H and O–H groups in total. The molecule has 51 valence electrons. The van der Waals surface area contributed by atoms with Gasteiger partial charge in [-0.1, -0.05) is 0 Å². The van der Waals surface area contributed by atoms with E-state index >= 15 is 0 Å². The average Bonchev–Trinajstić information content (AvgIpc) is 1.88. The minimum absolute atomic E-state index is 0.691. The fraction of sp³-hybridized carbons (Fsp3) is 0. The summed E-state index contributed by atoms with van der Waals surface area (Å²) in [5.74, 6) is 0. The zero-order valence-electron chi connectivity index (χ0n) is 4.94. The molecule has 1 aromatic rings. The molecular formula is C5H4N3O2. The first kappa shape index (κ1) is 6.47. The summed E-state index contributed by atoms with van der Waals surface area (Å²) >= 11 is 0. The van der Waals surface area contributed by atoms with Crippen LogP contribution < -0.4 is 11.4 Å². The van der Waals surface area contributed by atoms with Gasteiger partial charge in [-0.15, -0.1) is 0 Å². The van der Waals surface area contributed by atoms with E-state index in [1.54, 1.807) is 0 Å². The topological polar surface area (TPSA) is 78.0 Å². The Morgan fingerprint density at radius 1 is 1.80 bits per heavy atom. The van der Waals surface area contributed by atoms with E-state index in [0.717, 1.165) is 0 Å². The Kier molecular flexibility index (Phi) is 1.49. The molecular weight excluding hydrogens is 134 g/mol. The molecule has 1 amide bonds. The number of rotatable bonds is 0. The van der Waals surface area contributed by atoms with Gasteiger partial charge in [0, 0.05) is 6.20 Å². The van der Waals surface area contributed by atoms with Crippen LogP contribution in [-0.2, 0) is 0 Å². The zero-order valence-corrected chi connectivity index (χ0v) is 4.94. The number of aromatic nitrogens is 2. The van der Waals surface area contributed by atoms with Crippen molar-refractivity contribution in [2.75, 3.05) is 0 Å². The van der Waals surface area contributed by atoms with Gasteiger partial charge in [0.1, 0.15) is 0 Å². The van der Waals surface area contributed by atoms with E-state index in [0.29, 0.717) is 4.57 Å². The van der Waals surface area contributed by atoms with Crippen LogP contribution in [0.15, 0.2) is 17.1 Å². The SMILES string of the molecule is NC(=O)n1cc[c]nc1=O. The maximum absolute atomic E-state index is 10.6. The Bertz CT molecular complexity index is 304. The second-order valence-corrected chi connectivity index (χ2v) is 1.55. The predicted octanol–water partition coefficient (Wildman–Crippen LogP) is -1.03. The van der Waals surface area contributed by atoms with Gasteiger partial charge in [-0.25, -0.2) is 14.2 Å². The third-order valence-electron chi connectivity index (χ3n) is 0.902. The van der Waals surface area contributed by atoms with E-state index in [9.17, 15) is 9.59 Å². The molecule has 10 heavy (non-hydrogen) atoms. The second kappa shape index (κ2) is 2.30. The van der Waals surface area contributed by atoms with Crippen molar-refractivity contribution in [1.29, 1.82) is 0 Å². The Labute approximate surface area is 56.1 Å². The first-order chi connectivity index (χ1) is 4.72. The molecule has 0 fully saturated rings. The Hall–Kier alpha value is -1.65. The van der Waals surface area contributed by atoms with E-state index in [-0.39, 0.29) is 0 Å². The van der Waals surface area contributed by atoms with Crippen molar-refractivity contribution in [2.24, 2.45) is 5.73 Å². The molecule has 1 radical (unpaired) electrons. The van der Waals surface area contributed by atoms with Crippen molar-refractivity contribution in [2.45, 2.75) is 0 Å². The van der Waals surface area contributed by atoms with Crippen LogP contribution >= 0.6 is 0 Å². The van der Waals surface area contributed by atoms with Crippen LogP contribution in [0.3, 0.4) is 0 Å². The minimum atomic E-state index is -0.841. The summed E-state index contributed by atoms with van der Waals surface area (Å²) in [5, 5.41) is 0. The smallest absolute Gasteiger partial charge is 0.351 e. The van der Waals surface area contributed by atoms with E-state index in [2.05, 4.69) is 11.2 Å². The van der Waals surface area contributed by atoms with Crippen LogP contribution in [0, 0.1) is 6.20 Å². The molecule has 1 aromatic heterocycles. The van der Waals surface area contributed by atoms with Gasteiger partial charge < -0.3 is 5.73 Å².